The number of aryl methyl sites for hydroxylation is 1. The average Bonchev–Trinajstić information content (AvgIpc) is 3.43. The van der Waals surface area contributed by atoms with Gasteiger partial charge in [-0.15, -0.1) is 0 Å². The summed E-state index contributed by atoms with van der Waals surface area (Å²) >= 11 is 0. The number of carbonyl (C=O) groups is 3. The van der Waals surface area contributed by atoms with Crippen LogP contribution in [0.15, 0.2) is 60.9 Å². The van der Waals surface area contributed by atoms with Gasteiger partial charge in [0, 0.05) is 31.4 Å². The fourth-order valence-electron chi connectivity index (χ4n) is 5.13. The summed E-state index contributed by atoms with van der Waals surface area (Å²) in [5.74, 6) is 0.551. The summed E-state index contributed by atoms with van der Waals surface area (Å²) in [5, 5.41) is 3.05. The molecular formula is C26H27N5O4. The first-order valence-electron chi connectivity index (χ1n) is 11.5. The van der Waals surface area contributed by atoms with Gasteiger partial charge in [0.05, 0.1) is 18.4 Å². The molecule has 3 amide bonds. The lowest BCUT2D eigenvalue weighted by molar-refractivity contribution is -0.124. The summed E-state index contributed by atoms with van der Waals surface area (Å²) in [4.78, 5) is 47.4. The van der Waals surface area contributed by atoms with E-state index in [0.717, 1.165) is 5.56 Å². The van der Waals surface area contributed by atoms with Gasteiger partial charge in [0.2, 0.25) is 11.8 Å². The van der Waals surface area contributed by atoms with Crippen molar-refractivity contribution in [2.75, 3.05) is 18.6 Å². The van der Waals surface area contributed by atoms with E-state index in [-0.39, 0.29) is 24.3 Å². The Morgan fingerprint density at radius 2 is 1.91 bits per heavy atom. The molecule has 180 valence electrons. The molecule has 0 spiro atoms. The van der Waals surface area contributed by atoms with Crippen molar-refractivity contribution in [2.45, 2.75) is 31.5 Å². The third-order valence-electron chi connectivity index (χ3n) is 6.92. The molecule has 1 N–H and O–H groups in total. The van der Waals surface area contributed by atoms with Crippen molar-refractivity contribution in [3.05, 3.63) is 77.9 Å². The summed E-state index contributed by atoms with van der Waals surface area (Å²) < 4.78 is 7.37. The van der Waals surface area contributed by atoms with Gasteiger partial charge in [0.25, 0.3) is 5.91 Å². The number of benzene rings is 2. The molecule has 5 rings (SSSR count). The molecule has 9 heteroatoms. The number of aromatic nitrogens is 2. The Kier molecular flexibility index (Phi) is 5.55. The number of nitrogens with one attached hydrogen (secondary N) is 1. The van der Waals surface area contributed by atoms with Crippen molar-refractivity contribution in [3.8, 4) is 5.75 Å². The number of anilines is 1. The number of nitrogens with zero attached hydrogens (tertiary/aromatic N) is 4. The lowest BCUT2D eigenvalue weighted by Crippen LogP contribution is -2.64. The zero-order chi connectivity index (χ0) is 24.7. The van der Waals surface area contributed by atoms with Crippen molar-refractivity contribution in [2.24, 2.45) is 7.05 Å². The Bertz CT molecular complexity index is 1320. The lowest BCUT2D eigenvalue weighted by atomic mass is 9.98. The number of methoxy groups -OCH3 is 1. The van der Waals surface area contributed by atoms with Gasteiger partial charge in [0.15, 0.2) is 0 Å². The van der Waals surface area contributed by atoms with Crippen LogP contribution < -0.4 is 15.0 Å². The highest BCUT2D eigenvalue weighted by Crippen LogP contribution is 2.43. The fourth-order valence-corrected chi connectivity index (χ4v) is 5.13. The fraction of sp³-hybridized carbons (Fsp3) is 0.308. The molecule has 35 heavy (non-hydrogen) atoms. The summed E-state index contributed by atoms with van der Waals surface area (Å²) in [6, 6.07) is 13.9. The maximum atomic E-state index is 13.5. The molecule has 2 aliphatic rings. The van der Waals surface area contributed by atoms with Gasteiger partial charge in [-0.05, 0) is 31.5 Å². The average molecular weight is 474 g/mol. The first kappa shape index (κ1) is 22.6. The van der Waals surface area contributed by atoms with Gasteiger partial charge in [-0.25, -0.2) is 4.98 Å². The smallest absolute Gasteiger partial charge is 0.258 e. The van der Waals surface area contributed by atoms with Crippen molar-refractivity contribution in [3.63, 3.8) is 0 Å². The molecule has 0 aliphatic carbocycles. The second-order valence-corrected chi connectivity index (χ2v) is 8.99. The summed E-state index contributed by atoms with van der Waals surface area (Å²) in [6.07, 6.45) is 4.23. The number of rotatable bonds is 6. The normalized spacial score (nSPS) is 19.9. The van der Waals surface area contributed by atoms with Gasteiger partial charge >= 0.3 is 0 Å². The van der Waals surface area contributed by atoms with Crippen molar-refractivity contribution >= 4 is 23.4 Å². The third-order valence-corrected chi connectivity index (χ3v) is 6.92. The Balaban J connectivity index is 1.48. The van der Waals surface area contributed by atoms with E-state index in [1.807, 2.05) is 48.9 Å². The molecule has 0 saturated carbocycles. The zero-order valence-electron chi connectivity index (χ0n) is 19.9. The van der Waals surface area contributed by atoms with E-state index in [9.17, 15) is 14.4 Å². The van der Waals surface area contributed by atoms with Crippen LogP contribution in [-0.2, 0) is 16.6 Å². The van der Waals surface area contributed by atoms with Crippen molar-refractivity contribution in [1.29, 1.82) is 0 Å². The molecule has 0 bridgehead atoms. The first-order valence-corrected chi connectivity index (χ1v) is 11.5. The zero-order valence-corrected chi connectivity index (χ0v) is 19.9. The standard InChI is InChI=1S/C26H27N5O4/c1-26-13-12-22(33)31(26)19-10-6-4-8-17(19)25(34)30(26)16-21(32)28-23(24-27-14-15-29(24)2)18-9-5-7-11-20(18)35-3/h4-11,14-15,23H,12-13,16H2,1-3H3,(H,28,32). The van der Waals surface area contributed by atoms with Crippen LogP contribution in [0.2, 0.25) is 0 Å². The number of carbonyl (C=O) groups excluding carboxylic acids is 3. The predicted molar refractivity (Wildman–Crippen MR) is 129 cm³/mol. The Labute approximate surface area is 203 Å². The molecule has 1 aromatic heterocycles. The number of fused-ring (bicyclic) bond motifs is 3. The number of imidazole rings is 1. The van der Waals surface area contributed by atoms with E-state index in [0.29, 0.717) is 35.7 Å². The molecule has 1 fully saturated rings. The number of amides is 3. The minimum absolute atomic E-state index is 0.0576. The van der Waals surface area contributed by atoms with E-state index >= 15 is 0 Å². The van der Waals surface area contributed by atoms with Crippen LogP contribution in [0.25, 0.3) is 0 Å². The quantitative estimate of drug-likeness (QED) is 0.594. The Morgan fingerprint density at radius 3 is 2.66 bits per heavy atom. The van der Waals surface area contributed by atoms with Crippen LogP contribution in [0.4, 0.5) is 5.69 Å². The molecule has 1 saturated heterocycles. The largest absolute Gasteiger partial charge is 0.496 e. The molecule has 3 heterocycles. The van der Waals surface area contributed by atoms with Crippen LogP contribution >= 0.6 is 0 Å². The van der Waals surface area contributed by atoms with Gasteiger partial charge in [-0.2, -0.15) is 0 Å². The lowest BCUT2D eigenvalue weighted by Gasteiger charge is -2.48. The van der Waals surface area contributed by atoms with Crippen LogP contribution in [-0.4, -0.2) is 51.5 Å². The maximum Gasteiger partial charge on any atom is 0.258 e. The predicted octanol–water partition coefficient (Wildman–Crippen LogP) is 2.63. The molecule has 3 aromatic rings. The van der Waals surface area contributed by atoms with Gasteiger partial charge in [-0.1, -0.05) is 30.3 Å². The van der Waals surface area contributed by atoms with E-state index in [2.05, 4.69) is 10.3 Å². The van der Waals surface area contributed by atoms with Crippen LogP contribution in [0.5, 0.6) is 5.75 Å². The monoisotopic (exact) mass is 473 g/mol. The molecule has 0 radical (unpaired) electrons. The second kappa shape index (κ2) is 8.57. The summed E-state index contributed by atoms with van der Waals surface area (Å²) in [7, 11) is 3.43. The summed E-state index contributed by atoms with van der Waals surface area (Å²) in [6.45, 7) is 1.64. The minimum atomic E-state index is -0.914. The molecular weight excluding hydrogens is 446 g/mol. The third kappa shape index (κ3) is 3.63. The first-order chi connectivity index (χ1) is 16.8. The molecule has 2 unspecified atom stereocenters. The number of hydrogen-bond donors (Lipinski definition) is 1. The molecule has 2 aromatic carbocycles. The van der Waals surface area contributed by atoms with E-state index in [4.69, 9.17) is 4.74 Å². The highest BCUT2D eigenvalue weighted by atomic mass is 16.5. The number of para-hydroxylation sites is 2. The maximum absolute atomic E-state index is 13.5. The van der Waals surface area contributed by atoms with Crippen molar-refractivity contribution < 1.29 is 19.1 Å². The number of ether oxygens (including phenoxy) is 1. The Hall–Kier alpha value is -4.14. The van der Waals surface area contributed by atoms with E-state index < -0.39 is 11.7 Å². The second-order valence-electron chi connectivity index (χ2n) is 8.99. The van der Waals surface area contributed by atoms with E-state index in [1.165, 1.54) is 4.90 Å². The topological polar surface area (TPSA) is 96.8 Å². The van der Waals surface area contributed by atoms with Gasteiger partial charge in [0.1, 0.15) is 29.8 Å². The minimum Gasteiger partial charge on any atom is -0.496 e. The van der Waals surface area contributed by atoms with Gasteiger partial charge < -0.3 is 19.5 Å². The highest BCUT2D eigenvalue weighted by Gasteiger charge is 2.53. The van der Waals surface area contributed by atoms with Gasteiger partial charge in [-0.3, -0.25) is 19.3 Å². The Morgan fingerprint density at radius 1 is 1.17 bits per heavy atom. The molecule has 2 atom stereocenters. The van der Waals surface area contributed by atoms with Crippen LogP contribution in [0.1, 0.15) is 47.6 Å². The van der Waals surface area contributed by atoms with Crippen molar-refractivity contribution in [1.82, 2.24) is 19.8 Å². The number of hydrogen-bond acceptors (Lipinski definition) is 5. The molecule has 9 nitrogen and oxygen atoms in total. The van der Waals surface area contributed by atoms with Crippen LogP contribution in [0.3, 0.4) is 0 Å². The van der Waals surface area contributed by atoms with Crippen LogP contribution in [0, 0.1) is 0 Å². The van der Waals surface area contributed by atoms with E-state index in [1.54, 1.807) is 42.6 Å². The molecule has 2 aliphatic heterocycles. The summed E-state index contributed by atoms with van der Waals surface area (Å²) in [5.41, 5.74) is 0.845. The SMILES string of the molecule is COc1ccccc1C(NC(=O)CN1C(=O)c2ccccc2N2C(=O)CCC12C)c1nccn1C. The highest BCUT2D eigenvalue weighted by molar-refractivity contribution is 6.11.